The van der Waals surface area contributed by atoms with Crippen molar-refractivity contribution >= 4 is 0 Å². The minimum Gasteiger partial charge on any atom is -0.330 e. The summed E-state index contributed by atoms with van der Waals surface area (Å²) in [7, 11) is 0. The molecule has 2 unspecified atom stereocenters. The highest BCUT2D eigenvalue weighted by Crippen LogP contribution is 2.25. The highest BCUT2D eigenvalue weighted by molar-refractivity contribution is 4.68. The van der Waals surface area contributed by atoms with Crippen molar-refractivity contribution < 1.29 is 0 Å². The summed E-state index contributed by atoms with van der Waals surface area (Å²) in [6, 6.07) is 0. The van der Waals surface area contributed by atoms with Gasteiger partial charge in [0, 0.05) is 0 Å². The lowest BCUT2D eigenvalue weighted by Crippen LogP contribution is -2.20. The molecule has 0 fully saturated rings. The molecule has 1 heteroatoms. The fourth-order valence-electron chi connectivity index (χ4n) is 4.16. The summed E-state index contributed by atoms with van der Waals surface area (Å²) >= 11 is 0. The van der Waals surface area contributed by atoms with Crippen molar-refractivity contribution in [2.45, 2.75) is 143 Å². The van der Waals surface area contributed by atoms with E-state index >= 15 is 0 Å². The molecule has 158 valence electrons. The van der Waals surface area contributed by atoms with Crippen LogP contribution in [0, 0.1) is 11.8 Å². The maximum absolute atomic E-state index is 5.98. The molecule has 0 saturated heterocycles. The van der Waals surface area contributed by atoms with Crippen molar-refractivity contribution in [3.8, 4) is 0 Å². The van der Waals surface area contributed by atoms with E-state index in [1.54, 1.807) is 0 Å². The van der Waals surface area contributed by atoms with Crippen molar-refractivity contribution in [1.82, 2.24) is 0 Å². The first-order valence-corrected chi connectivity index (χ1v) is 12.5. The lowest BCUT2D eigenvalue weighted by atomic mass is 9.84. The van der Waals surface area contributed by atoms with Gasteiger partial charge in [0.05, 0.1) is 0 Å². The quantitative estimate of drug-likeness (QED) is 0.202. The van der Waals surface area contributed by atoms with Gasteiger partial charge in [-0.25, -0.2) is 0 Å². The Morgan fingerprint density at radius 1 is 0.500 bits per heavy atom. The van der Waals surface area contributed by atoms with Gasteiger partial charge in [0.1, 0.15) is 0 Å². The molecule has 0 aromatic heterocycles. The predicted molar refractivity (Wildman–Crippen MR) is 121 cm³/mol. The van der Waals surface area contributed by atoms with Crippen molar-refractivity contribution in [2.75, 3.05) is 6.54 Å². The molecule has 0 amide bonds. The SMILES string of the molecule is CCCCCCCCCCCC(CCCCCCCCCC)C(C)CN. The Bertz CT molecular complexity index is 251. The summed E-state index contributed by atoms with van der Waals surface area (Å²) in [6.07, 6.45) is 27.2. The largest absolute Gasteiger partial charge is 0.330 e. The zero-order chi connectivity index (χ0) is 19.3. The number of hydrogen-bond donors (Lipinski definition) is 1. The van der Waals surface area contributed by atoms with Gasteiger partial charge >= 0.3 is 0 Å². The van der Waals surface area contributed by atoms with E-state index in [0.29, 0.717) is 5.92 Å². The van der Waals surface area contributed by atoms with Crippen LogP contribution in [0.3, 0.4) is 0 Å². The van der Waals surface area contributed by atoms with Gasteiger partial charge in [0.2, 0.25) is 0 Å². The number of rotatable bonds is 21. The third-order valence-electron chi connectivity index (χ3n) is 6.28. The molecule has 0 bridgehead atoms. The van der Waals surface area contributed by atoms with Crippen LogP contribution in [0.1, 0.15) is 143 Å². The number of unbranched alkanes of at least 4 members (excludes halogenated alkanes) is 15. The van der Waals surface area contributed by atoms with Gasteiger partial charge in [-0.2, -0.15) is 0 Å². The van der Waals surface area contributed by atoms with Crippen LogP contribution in [0.2, 0.25) is 0 Å². The summed E-state index contributed by atoms with van der Waals surface area (Å²) < 4.78 is 0. The van der Waals surface area contributed by atoms with Gasteiger partial charge in [-0.05, 0) is 18.4 Å². The molecule has 2 atom stereocenters. The van der Waals surface area contributed by atoms with Gasteiger partial charge in [0.25, 0.3) is 0 Å². The van der Waals surface area contributed by atoms with Crippen molar-refractivity contribution in [2.24, 2.45) is 17.6 Å². The highest BCUT2D eigenvalue weighted by Gasteiger charge is 2.15. The second-order valence-electron chi connectivity index (χ2n) is 8.85. The van der Waals surface area contributed by atoms with Gasteiger partial charge < -0.3 is 5.73 Å². The zero-order valence-electron chi connectivity index (χ0n) is 18.9. The van der Waals surface area contributed by atoms with Crippen molar-refractivity contribution in [3.05, 3.63) is 0 Å². The summed E-state index contributed by atoms with van der Waals surface area (Å²) in [6.45, 7) is 7.85. The first-order chi connectivity index (χ1) is 12.8. The first kappa shape index (κ1) is 26.0. The molecule has 0 aromatic rings. The van der Waals surface area contributed by atoms with Crippen LogP contribution in [-0.2, 0) is 0 Å². The summed E-state index contributed by atoms with van der Waals surface area (Å²) in [5, 5.41) is 0. The normalized spacial score (nSPS) is 13.8. The van der Waals surface area contributed by atoms with E-state index < -0.39 is 0 Å². The summed E-state index contributed by atoms with van der Waals surface area (Å²) in [5.74, 6) is 1.60. The smallest absolute Gasteiger partial charge is 0.00489 e. The molecule has 0 spiro atoms. The average Bonchev–Trinajstić information content (AvgIpc) is 2.66. The van der Waals surface area contributed by atoms with Crippen LogP contribution in [0.15, 0.2) is 0 Å². The third-order valence-corrected chi connectivity index (χ3v) is 6.28. The Morgan fingerprint density at radius 2 is 0.808 bits per heavy atom. The van der Waals surface area contributed by atoms with E-state index in [-0.39, 0.29) is 0 Å². The Labute approximate surface area is 167 Å². The number of hydrogen-bond acceptors (Lipinski definition) is 1. The van der Waals surface area contributed by atoms with Gasteiger partial charge in [-0.3, -0.25) is 0 Å². The molecule has 2 N–H and O–H groups in total. The molecule has 0 heterocycles. The van der Waals surface area contributed by atoms with Gasteiger partial charge in [-0.1, -0.05) is 143 Å². The third kappa shape index (κ3) is 17.4. The van der Waals surface area contributed by atoms with E-state index in [4.69, 9.17) is 5.73 Å². The van der Waals surface area contributed by atoms with E-state index in [1.165, 1.54) is 122 Å². The second-order valence-corrected chi connectivity index (χ2v) is 8.85. The standard InChI is InChI=1S/C25H53N/c1-4-6-8-10-12-14-16-18-20-22-25(24(3)23-26)21-19-17-15-13-11-9-7-5-2/h24-25H,4-23,26H2,1-3H3. The van der Waals surface area contributed by atoms with Gasteiger partial charge in [0.15, 0.2) is 0 Å². The number of nitrogens with two attached hydrogens (primary N) is 1. The molecule has 0 radical (unpaired) electrons. The minimum atomic E-state index is 0.716. The maximum atomic E-state index is 5.98. The van der Waals surface area contributed by atoms with Crippen molar-refractivity contribution in [1.29, 1.82) is 0 Å². The first-order valence-electron chi connectivity index (χ1n) is 12.5. The van der Waals surface area contributed by atoms with Crippen LogP contribution < -0.4 is 5.73 Å². The topological polar surface area (TPSA) is 26.0 Å². The van der Waals surface area contributed by atoms with Crippen LogP contribution in [0.25, 0.3) is 0 Å². The Hall–Kier alpha value is -0.0400. The lowest BCUT2D eigenvalue weighted by Gasteiger charge is -2.23. The highest BCUT2D eigenvalue weighted by atomic mass is 14.5. The summed E-state index contributed by atoms with van der Waals surface area (Å²) in [5.41, 5.74) is 5.98. The Morgan fingerprint density at radius 3 is 1.12 bits per heavy atom. The molecule has 26 heavy (non-hydrogen) atoms. The van der Waals surface area contributed by atoms with Gasteiger partial charge in [-0.15, -0.1) is 0 Å². The molecule has 0 aliphatic carbocycles. The Kier molecular flexibility index (Phi) is 21.2. The second kappa shape index (κ2) is 21.3. The van der Waals surface area contributed by atoms with Crippen LogP contribution in [0.5, 0.6) is 0 Å². The van der Waals surface area contributed by atoms with Crippen LogP contribution in [-0.4, -0.2) is 6.54 Å². The Balaban J connectivity index is 3.61. The van der Waals surface area contributed by atoms with E-state index in [2.05, 4.69) is 20.8 Å². The fraction of sp³-hybridized carbons (Fsp3) is 1.00. The maximum Gasteiger partial charge on any atom is -0.00489 e. The zero-order valence-corrected chi connectivity index (χ0v) is 18.9. The summed E-state index contributed by atoms with van der Waals surface area (Å²) in [4.78, 5) is 0. The van der Waals surface area contributed by atoms with E-state index in [9.17, 15) is 0 Å². The average molecular weight is 368 g/mol. The molecule has 0 aromatic carbocycles. The molecule has 0 rings (SSSR count). The molecule has 1 nitrogen and oxygen atoms in total. The molecule has 0 aliphatic rings. The predicted octanol–water partition coefficient (Wildman–Crippen LogP) is 8.65. The molecular formula is C25H53N. The van der Waals surface area contributed by atoms with E-state index in [1.807, 2.05) is 0 Å². The molecule has 0 aliphatic heterocycles. The van der Waals surface area contributed by atoms with Crippen molar-refractivity contribution in [3.63, 3.8) is 0 Å². The lowest BCUT2D eigenvalue weighted by molar-refractivity contribution is 0.300. The van der Waals surface area contributed by atoms with E-state index in [0.717, 1.165) is 12.5 Å². The van der Waals surface area contributed by atoms with Crippen LogP contribution >= 0.6 is 0 Å². The molecule has 0 saturated carbocycles. The fourth-order valence-corrected chi connectivity index (χ4v) is 4.16. The van der Waals surface area contributed by atoms with Crippen LogP contribution in [0.4, 0.5) is 0 Å². The molecular weight excluding hydrogens is 314 g/mol. The minimum absolute atomic E-state index is 0.716. The monoisotopic (exact) mass is 367 g/mol.